The molecule has 0 aromatic rings. The summed E-state index contributed by atoms with van der Waals surface area (Å²) in [6.07, 6.45) is 8.59. The summed E-state index contributed by atoms with van der Waals surface area (Å²) >= 11 is 0. The molecular weight excluding hydrogens is 172 g/mol. The van der Waals surface area contributed by atoms with E-state index in [-0.39, 0.29) is 0 Å². The molecule has 2 N–H and O–H groups in total. The lowest BCUT2D eigenvalue weighted by molar-refractivity contribution is 0.239. The zero-order chi connectivity index (χ0) is 9.80. The second-order valence-corrected chi connectivity index (χ2v) is 5.03. The molecule has 0 atom stereocenters. The first-order chi connectivity index (χ1) is 6.88. The molecule has 0 aromatic carbocycles. The smallest absolute Gasteiger partial charge is 0.0319 e. The summed E-state index contributed by atoms with van der Waals surface area (Å²) in [7, 11) is 0. The monoisotopic (exact) mass is 196 g/mol. The molecule has 0 radical (unpaired) electrons. The molecule has 14 heavy (non-hydrogen) atoms. The Labute approximate surface area is 87.8 Å². The highest BCUT2D eigenvalue weighted by Gasteiger charge is 2.24. The average Bonchev–Trinajstić information content (AvgIpc) is 2.14. The molecule has 82 valence electrons. The van der Waals surface area contributed by atoms with Gasteiger partial charge in [-0.1, -0.05) is 19.8 Å². The van der Waals surface area contributed by atoms with Crippen LogP contribution >= 0.6 is 0 Å². The molecular formula is C12H24N2. The highest BCUT2D eigenvalue weighted by Crippen LogP contribution is 2.27. The fourth-order valence-electron chi connectivity index (χ4n) is 2.77. The van der Waals surface area contributed by atoms with Gasteiger partial charge in [-0.05, 0) is 31.6 Å². The van der Waals surface area contributed by atoms with Gasteiger partial charge in [-0.25, -0.2) is 0 Å². The van der Waals surface area contributed by atoms with E-state index in [1.807, 2.05) is 0 Å². The van der Waals surface area contributed by atoms with Crippen LogP contribution in [-0.2, 0) is 0 Å². The minimum Gasteiger partial charge on any atom is -0.314 e. The van der Waals surface area contributed by atoms with Crippen molar-refractivity contribution < 1.29 is 0 Å². The number of hydrogen-bond acceptors (Lipinski definition) is 2. The van der Waals surface area contributed by atoms with Crippen LogP contribution in [0.3, 0.4) is 0 Å². The summed E-state index contributed by atoms with van der Waals surface area (Å²) in [4.78, 5) is 0. The molecule has 1 aliphatic heterocycles. The largest absolute Gasteiger partial charge is 0.314 e. The van der Waals surface area contributed by atoms with E-state index in [0.717, 1.165) is 18.0 Å². The van der Waals surface area contributed by atoms with E-state index < -0.39 is 0 Å². The number of hydrogen-bond donors (Lipinski definition) is 2. The maximum atomic E-state index is 3.76. The summed E-state index contributed by atoms with van der Waals surface area (Å²) < 4.78 is 0. The lowest BCUT2D eigenvalue weighted by atomic mass is 9.83. The first-order valence-electron chi connectivity index (χ1n) is 6.35. The summed E-state index contributed by atoms with van der Waals surface area (Å²) in [5.41, 5.74) is 0. The summed E-state index contributed by atoms with van der Waals surface area (Å²) in [6, 6.07) is 1.61. The predicted octanol–water partition coefficient (Wildman–Crippen LogP) is 1.91. The van der Waals surface area contributed by atoms with Gasteiger partial charge in [0.2, 0.25) is 0 Å². The van der Waals surface area contributed by atoms with Gasteiger partial charge in [-0.2, -0.15) is 0 Å². The highest BCUT2D eigenvalue weighted by atomic mass is 15.1. The van der Waals surface area contributed by atoms with Crippen molar-refractivity contribution in [1.29, 1.82) is 0 Å². The quantitative estimate of drug-likeness (QED) is 0.717. The van der Waals surface area contributed by atoms with Crippen LogP contribution < -0.4 is 10.6 Å². The van der Waals surface area contributed by atoms with Gasteiger partial charge in [0, 0.05) is 25.2 Å². The minimum absolute atomic E-state index is 0.780. The van der Waals surface area contributed by atoms with Gasteiger partial charge < -0.3 is 10.6 Å². The molecule has 2 nitrogen and oxygen atoms in total. The normalized spacial score (nSPS) is 34.1. The van der Waals surface area contributed by atoms with Crippen LogP contribution in [0.5, 0.6) is 0 Å². The van der Waals surface area contributed by atoms with E-state index in [0.29, 0.717) is 0 Å². The van der Waals surface area contributed by atoms with Gasteiger partial charge >= 0.3 is 0 Å². The summed E-state index contributed by atoms with van der Waals surface area (Å²) in [5, 5.41) is 7.07. The average molecular weight is 196 g/mol. The maximum absolute atomic E-state index is 3.76. The summed E-state index contributed by atoms with van der Waals surface area (Å²) in [6.45, 7) is 4.69. The second-order valence-electron chi connectivity index (χ2n) is 5.03. The van der Waals surface area contributed by atoms with Crippen LogP contribution in [0.2, 0.25) is 0 Å². The molecule has 2 heteroatoms. The van der Waals surface area contributed by atoms with Gasteiger partial charge in [0.25, 0.3) is 0 Å². The molecule has 0 spiro atoms. The summed E-state index contributed by atoms with van der Waals surface area (Å²) in [5.74, 6) is 1.04. The van der Waals surface area contributed by atoms with Crippen molar-refractivity contribution in [1.82, 2.24) is 10.6 Å². The SMILES string of the molecule is CCCC1CCC(NC2CNC2)CC1. The van der Waals surface area contributed by atoms with Crippen molar-refractivity contribution in [2.45, 2.75) is 57.5 Å². The molecule has 0 aromatic heterocycles. The molecule has 2 aliphatic rings. The van der Waals surface area contributed by atoms with Crippen LogP contribution in [0, 0.1) is 5.92 Å². The van der Waals surface area contributed by atoms with E-state index in [4.69, 9.17) is 0 Å². The number of nitrogens with one attached hydrogen (secondary N) is 2. The maximum Gasteiger partial charge on any atom is 0.0319 e. The molecule has 2 fully saturated rings. The first kappa shape index (κ1) is 10.4. The fourth-order valence-corrected chi connectivity index (χ4v) is 2.77. The van der Waals surface area contributed by atoms with Gasteiger partial charge in [-0.3, -0.25) is 0 Å². The fraction of sp³-hybridized carbons (Fsp3) is 1.00. The Bertz CT molecular complexity index is 158. The zero-order valence-electron chi connectivity index (χ0n) is 9.39. The predicted molar refractivity (Wildman–Crippen MR) is 60.4 cm³/mol. The Morgan fingerprint density at radius 1 is 1.07 bits per heavy atom. The Morgan fingerprint density at radius 2 is 1.79 bits per heavy atom. The molecule has 1 aliphatic carbocycles. The van der Waals surface area contributed by atoms with Crippen molar-refractivity contribution >= 4 is 0 Å². The van der Waals surface area contributed by atoms with Crippen LogP contribution in [0.15, 0.2) is 0 Å². The van der Waals surface area contributed by atoms with E-state index in [1.54, 1.807) is 0 Å². The topological polar surface area (TPSA) is 24.1 Å². The van der Waals surface area contributed by atoms with Crippen molar-refractivity contribution in [2.75, 3.05) is 13.1 Å². The van der Waals surface area contributed by atoms with Crippen LogP contribution in [0.25, 0.3) is 0 Å². The molecule has 0 amide bonds. The lowest BCUT2D eigenvalue weighted by Crippen LogP contribution is -2.58. The van der Waals surface area contributed by atoms with Crippen molar-refractivity contribution in [3.63, 3.8) is 0 Å². The van der Waals surface area contributed by atoms with E-state index in [9.17, 15) is 0 Å². The molecule has 2 rings (SSSR count). The van der Waals surface area contributed by atoms with E-state index in [2.05, 4.69) is 17.6 Å². The molecule has 1 heterocycles. The van der Waals surface area contributed by atoms with Gasteiger partial charge in [-0.15, -0.1) is 0 Å². The van der Waals surface area contributed by atoms with Gasteiger partial charge in [0.1, 0.15) is 0 Å². The molecule has 1 saturated heterocycles. The Kier molecular flexibility index (Phi) is 3.82. The van der Waals surface area contributed by atoms with E-state index >= 15 is 0 Å². The highest BCUT2D eigenvalue weighted by molar-refractivity contribution is 4.87. The number of rotatable bonds is 4. The third kappa shape index (κ3) is 2.71. The third-order valence-corrected chi connectivity index (χ3v) is 3.80. The van der Waals surface area contributed by atoms with Crippen molar-refractivity contribution in [3.05, 3.63) is 0 Å². The van der Waals surface area contributed by atoms with Gasteiger partial charge in [0.15, 0.2) is 0 Å². The Hall–Kier alpha value is -0.0800. The second kappa shape index (κ2) is 5.13. The first-order valence-corrected chi connectivity index (χ1v) is 6.35. The van der Waals surface area contributed by atoms with Gasteiger partial charge in [0.05, 0.1) is 0 Å². The van der Waals surface area contributed by atoms with Crippen LogP contribution in [0.4, 0.5) is 0 Å². The van der Waals surface area contributed by atoms with Crippen molar-refractivity contribution in [2.24, 2.45) is 5.92 Å². The molecule has 0 unspecified atom stereocenters. The Balaban J connectivity index is 1.62. The molecule has 0 bridgehead atoms. The zero-order valence-corrected chi connectivity index (χ0v) is 9.39. The van der Waals surface area contributed by atoms with E-state index in [1.165, 1.54) is 51.6 Å². The molecule has 1 saturated carbocycles. The minimum atomic E-state index is 0.780. The van der Waals surface area contributed by atoms with Crippen molar-refractivity contribution in [3.8, 4) is 0 Å². The standard InChI is InChI=1S/C12H24N2/c1-2-3-10-4-6-11(7-5-10)14-12-8-13-9-12/h10-14H,2-9H2,1H3. The lowest BCUT2D eigenvalue weighted by Gasteiger charge is -2.36. The Morgan fingerprint density at radius 3 is 2.29 bits per heavy atom. The van der Waals surface area contributed by atoms with Crippen LogP contribution in [-0.4, -0.2) is 25.2 Å². The van der Waals surface area contributed by atoms with Crippen LogP contribution in [0.1, 0.15) is 45.4 Å². The third-order valence-electron chi connectivity index (χ3n) is 3.80.